The lowest BCUT2D eigenvalue weighted by Crippen LogP contribution is -2.12. The SMILES string of the molecule is CCCCCCCCC12C=C3OC3(CC1)C2. The Kier molecular flexibility index (Phi) is 2.53. The zero-order valence-corrected chi connectivity index (χ0v) is 10.6. The second kappa shape index (κ2) is 3.78. The molecule has 16 heavy (non-hydrogen) atoms. The monoisotopic (exact) mass is 220 g/mol. The molecule has 0 aromatic carbocycles. The van der Waals surface area contributed by atoms with Crippen molar-refractivity contribution in [3.05, 3.63) is 11.8 Å². The largest absolute Gasteiger partial charge is 0.480 e. The van der Waals surface area contributed by atoms with Gasteiger partial charge in [0.1, 0.15) is 5.76 Å². The molecule has 90 valence electrons. The Bertz CT molecular complexity index is 307. The van der Waals surface area contributed by atoms with E-state index in [0.29, 0.717) is 11.0 Å². The highest BCUT2D eigenvalue weighted by Crippen LogP contribution is 2.68. The number of unbranched alkanes of at least 4 members (excludes halogenated alkanes) is 5. The average molecular weight is 220 g/mol. The van der Waals surface area contributed by atoms with Gasteiger partial charge in [0.2, 0.25) is 0 Å². The highest BCUT2D eigenvalue weighted by atomic mass is 16.6. The van der Waals surface area contributed by atoms with Crippen LogP contribution >= 0.6 is 0 Å². The number of rotatable bonds is 7. The predicted octanol–water partition coefficient (Wildman–Crippen LogP) is 4.57. The first-order valence-electron chi connectivity index (χ1n) is 7.21. The van der Waals surface area contributed by atoms with Gasteiger partial charge in [0.25, 0.3) is 0 Å². The van der Waals surface area contributed by atoms with E-state index in [0.717, 1.165) is 0 Å². The number of epoxide rings is 1. The molecule has 2 unspecified atom stereocenters. The van der Waals surface area contributed by atoms with Crippen molar-refractivity contribution >= 4 is 0 Å². The summed E-state index contributed by atoms with van der Waals surface area (Å²) in [5, 5.41) is 0. The van der Waals surface area contributed by atoms with Crippen LogP contribution in [-0.2, 0) is 4.74 Å². The summed E-state index contributed by atoms with van der Waals surface area (Å²) in [4.78, 5) is 0. The predicted molar refractivity (Wildman–Crippen MR) is 66.2 cm³/mol. The first kappa shape index (κ1) is 10.7. The van der Waals surface area contributed by atoms with Crippen LogP contribution in [0.2, 0.25) is 0 Å². The summed E-state index contributed by atoms with van der Waals surface area (Å²) in [6.45, 7) is 2.29. The molecule has 1 nitrogen and oxygen atoms in total. The third-order valence-electron chi connectivity index (χ3n) is 4.84. The van der Waals surface area contributed by atoms with Gasteiger partial charge in [0.15, 0.2) is 5.60 Å². The van der Waals surface area contributed by atoms with E-state index in [9.17, 15) is 0 Å². The minimum absolute atomic E-state index is 0.294. The first-order valence-corrected chi connectivity index (χ1v) is 7.21. The quantitative estimate of drug-likeness (QED) is 0.452. The molecule has 0 aromatic rings. The Morgan fingerprint density at radius 3 is 2.62 bits per heavy atom. The molecule has 1 saturated carbocycles. The summed E-state index contributed by atoms with van der Waals surface area (Å²) in [5.74, 6) is 1.35. The number of ether oxygens (including phenoxy) is 1. The van der Waals surface area contributed by atoms with Gasteiger partial charge in [0, 0.05) is 6.42 Å². The molecule has 1 aliphatic heterocycles. The van der Waals surface area contributed by atoms with Gasteiger partial charge in [-0.15, -0.1) is 0 Å². The molecular formula is C15H24O. The molecule has 2 bridgehead atoms. The van der Waals surface area contributed by atoms with Crippen LogP contribution in [0.1, 0.15) is 71.1 Å². The lowest BCUT2D eigenvalue weighted by Gasteiger charge is -2.22. The summed E-state index contributed by atoms with van der Waals surface area (Å²) in [7, 11) is 0. The summed E-state index contributed by atoms with van der Waals surface area (Å²) in [6.07, 6.45) is 16.5. The van der Waals surface area contributed by atoms with E-state index in [1.54, 1.807) is 0 Å². The van der Waals surface area contributed by atoms with E-state index in [1.165, 1.54) is 70.0 Å². The summed E-state index contributed by atoms with van der Waals surface area (Å²) >= 11 is 0. The standard InChI is InChI=1S/C15H24O/c1-2-3-4-5-6-7-8-14-9-10-15(12-14)13(11-14)16-15/h11H,2-10,12H2,1H3. The van der Waals surface area contributed by atoms with Crippen LogP contribution in [0, 0.1) is 5.41 Å². The third-order valence-corrected chi connectivity index (χ3v) is 4.84. The zero-order valence-electron chi connectivity index (χ0n) is 10.6. The molecule has 2 atom stereocenters. The van der Waals surface area contributed by atoms with Crippen LogP contribution in [0.3, 0.4) is 0 Å². The maximum atomic E-state index is 5.68. The Hall–Kier alpha value is -0.460. The van der Waals surface area contributed by atoms with E-state index in [1.807, 2.05) is 0 Å². The highest BCUT2D eigenvalue weighted by molar-refractivity contribution is 5.39. The van der Waals surface area contributed by atoms with Crippen LogP contribution in [0.4, 0.5) is 0 Å². The van der Waals surface area contributed by atoms with Crippen molar-refractivity contribution in [3.8, 4) is 0 Å². The van der Waals surface area contributed by atoms with Crippen molar-refractivity contribution in [2.45, 2.75) is 76.7 Å². The molecule has 0 aromatic heterocycles. The van der Waals surface area contributed by atoms with E-state index in [-0.39, 0.29) is 0 Å². The minimum Gasteiger partial charge on any atom is -0.480 e. The molecule has 1 heterocycles. The second-order valence-electron chi connectivity index (χ2n) is 6.16. The number of allylic oxidation sites excluding steroid dienone is 1. The van der Waals surface area contributed by atoms with Gasteiger partial charge in [-0.1, -0.05) is 45.4 Å². The van der Waals surface area contributed by atoms with Gasteiger partial charge >= 0.3 is 0 Å². The molecule has 3 rings (SSSR count). The maximum absolute atomic E-state index is 5.68. The Morgan fingerprint density at radius 2 is 1.94 bits per heavy atom. The lowest BCUT2D eigenvalue weighted by molar-refractivity contribution is 0.263. The molecule has 2 aliphatic carbocycles. The minimum atomic E-state index is 0.294. The van der Waals surface area contributed by atoms with Gasteiger partial charge in [0.05, 0.1) is 0 Å². The average Bonchev–Trinajstić information content (AvgIpc) is 2.72. The Morgan fingerprint density at radius 1 is 1.12 bits per heavy atom. The van der Waals surface area contributed by atoms with Gasteiger partial charge in [-0.05, 0) is 30.8 Å². The van der Waals surface area contributed by atoms with Crippen LogP contribution in [0.15, 0.2) is 11.8 Å². The number of hydrogen-bond donors (Lipinski definition) is 0. The van der Waals surface area contributed by atoms with E-state index in [4.69, 9.17) is 4.74 Å². The molecular weight excluding hydrogens is 196 g/mol. The highest BCUT2D eigenvalue weighted by Gasteiger charge is 2.66. The maximum Gasteiger partial charge on any atom is 0.166 e. The molecule has 1 spiro atoms. The van der Waals surface area contributed by atoms with Gasteiger partial charge < -0.3 is 4.74 Å². The van der Waals surface area contributed by atoms with Crippen molar-refractivity contribution in [2.75, 3.05) is 0 Å². The van der Waals surface area contributed by atoms with Crippen LogP contribution in [0.25, 0.3) is 0 Å². The lowest BCUT2D eigenvalue weighted by atomic mass is 9.82. The van der Waals surface area contributed by atoms with Gasteiger partial charge in [-0.2, -0.15) is 0 Å². The smallest absolute Gasteiger partial charge is 0.166 e. The van der Waals surface area contributed by atoms with Crippen molar-refractivity contribution in [1.29, 1.82) is 0 Å². The van der Waals surface area contributed by atoms with Crippen molar-refractivity contribution in [1.82, 2.24) is 0 Å². The molecule has 0 radical (unpaired) electrons. The van der Waals surface area contributed by atoms with Crippen LogP contribution < -0.4 is 0 Å². The molecule has 3 aliphatic rings. The molecule has 1 heteroatoms. The van der Waals surface area contributed by atoms with E-state index < -0.39 is 0 Å². The molecule has 1 saturated heterocycles. The summed E-state index contributed by atoms with van der Waals surface area (Å²) in [6, 6.07) is 0. The van der Waals surface area contributed by atoms with Gasteiger partial charge in [-0.25, -0.2) is 0 Å². The number of fused-ring (bicyclic) bond motifs is 1. The van der Waals surface area contributed by atoms with Gasteiger partial charge in [-0.3, -0.25) is 0 Å². The van der Waals surface area contributed by atoms with Crippen molar-refractivity contribution in [3.63, 3.8) is 0 Å². The third kappa shape index (κ3) is 1.69. The molecule has 0 N–H and O–H groups in total. The fraction of sp³-hybridized carbons (Fsp3) is 0.867. The molecule has 0 amide bonds. The first-order chi connectivity index (χ1) is 7.79. The topological polar surface area (TPSA) is 12.5 Å². The summed E-state index contributed by atoms with van der Waals surface area (Å²) in [5.41, 5.74) is 0.876. The van der Waals surface area contributed by atoms with Crippen LogP contribution in [0.5, 0.6) is 0 Å². The second-order valence-corrected chi connectivity index (χ2v) is 6.16. The Labute approximate surface area is 99.3 Å². The van der Waals surface area contributed by atoms with Crippen LogP contribution in [-0.4, -0.2) is 5.60 Å². The number of hydrogen-bond acceptors (Lipinski definition) is 1. The molecule has 2 fully saturated rings. The zero-order chi connectivity index (χ0) is 11.1. The summed E-state index contributed by atoms with van der Waals surface area (Å²) < 4.78 is 5.68. The van der Waals surface area contributed by atoms with E-state index >= 15 is 0 Å². The Balaban J connectivity index is 1.37. The fourth-order valence-corrected chi connectivity index (χ4v) is 3.78. The normalized spacial score (nSPS) is 38.2. The van der Waals surface area contributed by atoms with Crippen molar-refractivity contribution < 1.29 is 4.74 Å². The van der Waals surface area contributed by atoms with E-state index in [2.05, 4.69) is 13.0 Å². The fourth-order valence-electron chi connectivity index (χ4n) is 3.78. The van der Waals surface area contributed by atoms with Crippen molar-refractivity contribution in [2.24, 2.45) is 5.41 Å².